The Hall–Kier alpha value is -2.52. The van der Waals surface area contributed by atoms with Crippen molar-refractivity contribution in [2.24, 2.45) is 0 Å². The van der Waals surface area contributed by atoms with Crippen LogP contribution >= 0.6 is 0 Å². The molecule has 1 aliphatic rings. The molecule has 0 spiro atoms. The van der Waals surface area contributed by atoms with Crippen molar-refractivity contribution in [3.05, 3.63) is 80.5 Å². The van der Waals surface area contributed by atoms with Gasteiger partial charge >= 0.3 is 0 Å². The average Bonchev–Trinajstić information content (AvgIpc) is 2.90. The van der Waals surface area contributed by atoms with E-state index in [1.54, 1.807) is 20.8 Å². The molecule has 42 heavy (non-hydrogen) atoms. The molecule has 234 valence electrons. The van der Waals surface area contributed by atoms with Gasteiger partial charge in [0.2, 0.25) is 0 Å². The molecule has 1 rings (SSSR count). The Balaban J connectivity index is 2.37. The van der Waals surface area contributed by atoms with Gasteiger partial charge in [0.05, 0.1) is 5.60 Å². The number of rotatable bonds is 18. The van der Waals surface area contributed by atoms with E-state index in [2.05, 4.69) is 71.9 Å². The molecular weight excluding hydrogens is 516 g/mol. The normalized spacial score (nSPS) is 17.3. The Morgan fingerprint density at radius 1 is 0.571 bits per heavy atom. The molecule has 1 unspecified atom stereocenters. The van der Waals surface area contributed by atoms with Crippen LogP contribution in [-0.2, 0) is 9.59 Å². The Kier molecular flexibility index (Phi) is 16.9. The predicted octanol–water partition coefficient (Wildman–Crippen LogP) is 11.0. The third-order valence-corrected chi connectivity index (χ3v) is 8.59. The van der Waals surface area contributed by atoms with Crippen molar-refractivity contribution in [3.8, 4) is 0 Å². The fourth-order valence-corrected chi connectivity index (χ4v) is 5.24. The zero-order valence-electron chi connectivity index (χ0n) is 28.6. The molecule has 1 atom stereocenters. The minimum Gasteiger partial charge on any atom is -0.390 e. The summed E-state index contributed by atoms with van der Waals surface area (Å²) < 4.78 is 0. The summed E-state index contributed by atoms with van der Waals surface area (Å²) in [5.41, 5.74) is 8.48. The molecule has 0 saturated heterocycles. The topological polar surface area (TPSA) is 54.4 Å². The summed E-state index contributed by atoms with van der Waals surface area (Å²) in [5, 5.41) is 10.9. The smallest absolute Gasteiger partial charge is 0.185 e. The van der Waals surface area contributed by atoms with E-state index in [9.17, 15) is 14.7 Å². The van der Waals surface area contributed by atoms with Crippen molar-refractivity contribution in [2.45, 2.75) is 152 Å². The number of ketones is 2. The van der Waals surface area contributed by atoms with Gasteiger partial charge < -0.3 is 5.11 Å². The highest BCUT2D eigenvalue weighted by atomic mass is 16.3. The maximum absolute atomic E-state index is 12.7. The first-order valence-corrected chi connectivity index (χ1v) is 16.1. The van der Waals surface area contributed by atoms with Crippen molar-refractivity contribution in [3.63, 3.8) is 0 Å². The van der Waals surface area contributed by atoms with Crippen molar-refractivity contribution in [1.82, 2.24) is 0 Å². The van der Waals surface area contributed by atoms with E-state index in [1.807, 2.05) is 6.92 Å². The summed E-state index contributed by atoms with van der Waals surface area (Å²) in [6.45, 7) is 20.2. The summed E-state index contributed by atoms with van der Waals surface area (Å²) in [7, 11) is 0. The minimum absolute atomic E-state index is 0.0453. The molecule has 0 aromatic rings. The Labute approximate surface area is 258 Å². The van der Waals surface area contributed by atoms with Gasteiger partial charge in [-0.3, -0.25) is 9.59 Å². The maximum Gasteiger partial charge on any atom is 0.185 e. The van der Waals surface area contributed by atoms with Crippen LogP contribution in [0.2, 0.25) is 0 Å². The molecule has 0 fully saturated rings. The summed E-state index contributed by atoms with van der Waals surface area (Å²) in [6, 6.07) is 0. The van der Waals surface area contributed by atoms with Crippen molar-refractivity contribution >= 4 is 11.6 Å². The van der Waals surface area contributed by atoms with Gasteiger partial charge in [0.1, 0.15) is 0 Å². The molecule has 0 aromatic carbocycles. The van der Waals surface area contributed by atoms with E-state index >= 15 is 0 Å². The number of Topliss-reactive ketones (excluding diaryl/α,β-unsaturated/α-hetero) is 2. The molecular formula is C39H60O3. The van der Waals surface area contributed by atoms with Gasteiger partial charge in [-0.25, -0.2) is 0 Å². The minimum atomic E-state index is -0.875. The van der Waals surface area contributed by atoms with Crippen LogP contribution in [0.3, 0.4) is 0 Å². The summed E-state index contributed by atoms with van der Waals surface area (Å²) >= 11 is 0. The summed E-state index contributed by atoms with van der Waals surface area (Å²) in [5.74, 6) is -0.0917. The highest BCUT2D eigenvalue weighted by Crippen LogP contribution is 2.30. The second kappa shape index (κ2) is 18.9. The Morgan fingerprint density at radius 3 is 1.38 bits per heavy atom. The standard InChI is InChI=1S/C39H60O3/c1-28(2)16-11-17-29(3)18-12-19-30(4)20-13-21-31(5)22-14-23-32(6)24-15-26-39(10,42)27-25-36-35(9)37(40)33(7)34(8)38(36)41/h16,18,20,22,24,42H,11-15,17,19,21,23,25-27H2,1-10H3. The third-order valence-electron chi connectivity index (χ3n) is 8.59. The van der Waals surface area contributed by atoms with Crippen molar-refractivity contribution in [1.29, 1.82) is 0 Å². The first-order valence-electron chi connectivity index (χ1n) is 16.1. The third kappa shape index (κ3) is 14.6. The quantitative estimate of drug-likeness (QED) is 0.130. The number of hydrogen-bond acceptors (Lipinski definition) is 3. The molecule has 0 aliphatic heterocycles. The monoisotopic (exact) mass is 576 g/mol. The van der Waals surface area contributed by atoms with Crippen LogP contribution in [-0.4, -0.2) is 22.3 Å². The van der Waals surface area contributed by atoms with E-state index < -0.39 is 5.60 Å². The average molecular weight is 577 g/mol. The first-order chi connectivity index (χ1) is 19.6. The predicted molar refractivity (Wildman–Crippen MR) is 182 cm³/mol. The number of carbonyl (C=O) groups is 2. The van der Waals surface area contributed by atoms with E-state index in [0.29, 0.717) is 41.6 Å². The largest absolute Gasteiger partial charge is 0.390 e. The summed E-state index contributed by atoms with van der Waals surface area (Å²) in [6.07, 6.45) is 22.9. The molecule has 3 heteroatoms. The zero-order valence-corrected chi connectivity index (χ0v) is 28.6. The van der Waals surface area contributed by atoms with Crippen LogP contribution in [0.5, 0.6) is 0 Å². The van der Waals surface area contributed by atoms with Gasteiger partial charge in [-0.15, -0.1) is 0 Å². The van der Waals surface area contributed by atoms with E-state index in [4.69, 9.17) is 0 Å². The molecule has 0 saturated carbocycles. The molecule has 0 heterocycles. The fourth-order valence-electron chi connectivity index (χ4n) is 5.24. The van der Waals surface area contributed by atoms with Gasteiger partial charge in [0, 0.05) is 22.3 Å². The fraction of sp³-hybridized carbons (Fsp3) is 0.590. The molecule has 1 aliphatic carbocycles. The lowest BCUT2D eigenvalue weighted by Crippen LogP contribution is -2.26. The van der Waals surface area contributed by atoms with Crippen LogP contribution in [0, 0.1) is 0 Å². The van der Waals surface area contributed by atoms with E-state index in [0.717, 1.165) is 57.8 Å². The number of hydrogen-bond donors (Lipinski definition) is 1. The van der Waals surface area contributed by atoms with Crippen molar-refractivity contribution in [2.75, 3.05) is 0 Å². The number of carbonyl (C=O) groups excluding carboxylic acids is 2. The van der Waals surface area contributed by atoms with Crippen LogP contribution < -0.4 is 0 Å². The number of aliphatic hydroxyl groups is 1. The zero-order chi connectivity index (χ0) is 31.9. The molecule has 0 radical (unpaired) electrons. The second-order valence-corrected chi connectivity index (χ2v) is 13.2. The maximum atomic E-state index is 12.7. The molecule has 0 aromatic heterocycles. The molecule has 3 nitrogen and oxygen atoms in total. The number of allylic oxidation sites excluding steroid dienone is 14. The molecule has 0 amide bonds. The van der Waals surface area contributed by atoms with Crippen LogP contribution in [0.15, 0.2) is 80.5 Å². The lowest BCUT2D eigenvalue weighted by Gasteiger charge is -2.25. The van der Waals surface area contributed by atoms with Gasteiger partial charge in [-0.05, 0) is 146 Å². The van der Waals surface area contributed by atoms with Crippen LogP contribution in [0.25, 0.3) is 0 Å². The van der Waals surface area contributed by atoms with Crippen molar-refractivity contribution < 1.29 is 14.7 Å². The van der Waals surface area contributed by atoms with Gasteiger partial charge in [0.25, 0.3) is 0 Å². The lowest BCUT2D eigenvalue weighted by atomic mass is 9.82. The highest BCUT2D eigenvalue weighted by molar-refractivity contribution is 6.24. The van der Waals surface area contributed by atoms with Gasteiger partial charge in [-0.2, -0.15) is 0 Å². The molecule has 0 bridgehead atoms. The molecule has 1 N–H and O–H groups in total. The van der Waals surface area contributed by atoms with Crippen LogP contribution in [0.1, 0.15) is 146 Å². The Morgan fingerprint density at radius 2 is 0.952 bits per heavy atom. The van der Waals surface area contributed by atoms with E-state index in [-0.39, 0.29) is 11.6 Å². The van der Waals surface area contributed by atoms with Gasteiger partial charge in [0.15, 0.2) is 11.6 Å². The second-order valence-electron chi connectivity index (χ2n) is 13.2. The van der Waals surface area contributed by atoms with E-state index in [1.165, 1.54) is 27.9 Å². The van der Waals surface area contributed by atoms with Gasteiger partial charge in [-0.1, -0.05) is 58.2 Å². The van der Waals surface area contributed by atoms with Crippen LogP contribution in [0.4, 0.5) is 0 Å². The lowest BCUT2D eigenvalue weighted by molar-refractivity contribution is -0.116. The Bertz CT molecular complexity index is 1150. The first kappa shape index (κ1) is 37.5. The SMILES string of the molecule is CC(C)=CCCC(C)=CCCC(C)=CCCC(C)=CCCC(C)=CCCC(C)(O)CCC1=C(C)C(=O)C(C)=C(C)C1=O. The highest BCUT2D eigenvalue weighted by Gasteiger charge is 2.29. The summed E-state index contributed by atoms with van der Waals surface area (Å²) in [4.78, 5) is 25.1.